The van der Waals surface area contributed by atoms with Gasteiger partial charge in [-0.2, -0.15) is 0 Å². The van der Waals surface area contributed by atoms with Gasteiger partial charge in [-0.3, -0.25) is 0 Å². The van der Waals surface area contributed by atoms with Crippen molar-refractivity contribution >= 4 is 66.7 Å². The number of hydrogen-bond acceptors (Lipinski definition) is 2. The molecule has 1 spiro atoms. The molecule has 3 unspecified atom stereocenters. The molecule has 1 fully saturated rings. The summed E-state index contributed by atoms with van der Waals surface area (Å²) < 4.78 is 2.44. The Balaban J connectivity index is 1.07. The number of para-hydroxylation sites is 4. The molecule has 0 saturated heterocycles. The van der Waals surface area contributed by atoms with Crippen LogP contribution < -0.4 is 9.80 Å². The molecule has 3 heteroatoms. The van der Waals surface area contributed by atoms with Gasteiger partial charge in [0.15, 0.2) is 0 Å². The molecule has 296 valence electrons. The molecule has 10 aromatic rings. The maximum atomic E-state index is 2.58. The summed E-state index contributed by atoms with van der Waals surface area (Å²) in [6.45, 7) is 0. The summed E-state index contributed by atoms with van der Waals surface area (Å²) in [5.74, 6) is 1.02. The van der Waals surface area contributed by atoms with Crippen molar-refractivity contribution < 1.29 is 0 Å². The molecule has 62 heavy (non-hydrogen) atoms. The molecular weight excluding hydrogens is 751 g/mol. The highest BCUT2D eigenvalue weighted by molar-refractivity contribution is 6.10. The molecule has 0 N–H and O–H groups in total. The molecule has 3 nitrogen and oxygen atoms in total. The van der Waals surface area contributed by atoms with Gasteiger partial charge in [0.05, 0.1) is 28.1 Å². The maximum absolute atomic E-state index is 2.58. The van der Waals surface area contributed by atoms with Crippen molar-refractivity contribution in [3.8, 4) is 5.69 Å². The second-order valence-electron chi connectivity index (χ2n) is 17.6. The van der Waals surface area contributed by atoms with Gasteiger partial charge < -0.3 is 14.4 Å². The second-order valence-corrected chi connectivity index (χ2v) is 17.6. The molecule has 0 radical (unpaired) electrons. The van der Waals surface area contributed by atoms with Gasteiger partial charge >= 0.3 is 0 Å². The first-order chi connectivity index (χ1) is 30.8. The fourth-order valence-electron chi connectivity index (χ4n) is 12.4. The molecule has 0 aliphatic heterocycles. The van der Waals surface area contributed by atoms with Crippen LogP contribution in [0.1, 0.15) is 35.1 Å². The lowest BCUT2D eigenvalue weighted by Gasteiger charge is -2.40. The minimum atomic E-state index is -0.147. The van der Waals surface area contributed by atoms with E-state index in [1.807, 2.05) is 0 Å². The lowest BCUT2D eigenvalue weighted by atomic mass is 9.68. The van der Waals surface area contributed by atoms with Gasteiger partial charge in [-0.05, 0) is 138 Å². The zero-order valence-corrected chi connectivity index (χ0v) is 34.5. The van der Waals surface area contributed by atoms with Crippen LogP contribution in [0.15, 0.2) is 212 Å². The Bertz CT molecular complexity index is 3320. The van der Waals surface area contributed by atoms with Crippen molar-refractivity contribution in [2.75, 3.05) is 9.80 Å². The molecule has 1 saturated carbocycles. The minimum Gasteiger partial charge on any atom is -0.310 e. The summed E-state index contributed by atoms with van der Waals surface area (Å²) >= 11 is 0. The highest BCUT2D eigenvalue weighted by Gasteiger charge is 2.62. The average molecular weight is 796 g/mol. The van der Waals surface area contributed by atoms with E-state index in [-0.39, 0.29) is 5.41 Å². The Morgan fingerprint density at radius 2 is 0.903 bits per heavy atom. The smallest absolute Gasteiger partial charge is 0.0561 e. The second kappa shape index (κ2) is 13.8. The van der Waals surface area contributed by atoms with Gasteiger partial charge in [0, 0.05) is 44.3 Å². The Kier molecular flexibility index (Phi) is 7.90. The van der Waals surface area contributed by atoms with Crippen LogP contribution in [0.5, 0.6) is 0 Å². The van der Waals surface area contributed by atoms with E-state index in [1.54, 1.807) is 0 Å². The lowest BCUT2D eigenvalue weighted by Crippen LogP contribution is -2.34. The number of benzene rings is 9. The molecule has 3 aliphatic rings. The van der Waals surface area contributed by atoms with Crippen LogP contribution >= 0.6 is 0 Å². The number of aromatic nitrogens is 1. The van der Waals surface area contributed by atoms with Crippen LogP contribution in [-0.2, 0) is 18.3 Å². The quantitative estimate of drug-likeness (QED) is 0.159. The largest absolute Gasteiger partial charge is 0.310 e. The Hall–Kier alpha value is -7.36. The highest BCUT2D eigenvalue weighted by Crippen LogP contribution is 2.69. The van der Waals surface area contributed by atoms with E-state index in [2.05, 4.69) is 227 Å². The molecule has 1 aromatic heterocycles. The van der Waals surface area contributed by atoms with Crippen LogP contribution in [0.2, 0.25) is 0 Å². The minimum absolute atomic E-state index is 0.147. The molecule has 9 aromatic carbocycles. The summed E-state index contributed by atoms with van der Waals surface area (Å²) in [5.41, 5.74) is 16.9. The van der Waals surface area contributed by atoms with Crippen molar-refractivity contribution in [1.82, 2.24) is 4.57 Å². The number of nitrogens with zero attached hydrogens (tertiary/aromatic N) is 3. The van der Waals surface area contributed by atoms with E-state index in [0.717, 1.165) is 12.8 Å². The van der Waals surface area contributed by atoms with Gasteiger partial charge in [-0.25, -0.2) is 0 Å². The van der Waals surface area contributed by atoms with Crippen molar-refractivity contribution in [2.24, 2.45) is 11.8 Å². The predicted octanol–water partition coefficient (Wildman–Crippen LogP) is 15.3. The van der Waals surface area contributed by atoms with E-state index in [1.165, 1.54) is 107 Å². The Morgan fingerprint density at radius 1 is 0.387 bits per heavy atom. The van der Waals surface area contributed by atoms with E-state index < -0.39 is 0 Å². The number of anilines is 6. The predicted molar refractivity (Wildman–Crippen MR) is 258 cm³/mol. The SMILES string of the molecule is c1ccc(N(c2ccc3c4ccccc4n(-c4ccccc4)c3c2)c2cccc3c2C24c5c(cccc5N(c5ccccc5)c5cccc6ccccc56)CC2CCC4C3)cc1. The van der Waals surface area contributed by atoms with E-state index >= 15 is 0 Å². The monoisotopic (exact) mass is 795 g/mol. The van der Waals surface area contributed by atoms with Crippen LogP contribution in [0.4, 0.5) is 34.1 Å². The summed E-state index contributed by atoms with van der Waals surface area (Å²) in [7, 11) is 0. The zero-order valence-electron chi connectivity index (χ0n) is 34.5. The van der Waals surface area contributed by atoms with Gasteiger partial charge in [0.1, 0.15) is 0 Å². The molecular formula is C59H45N3. The van der Waals surface area contributed by atoms with E-state index in [9.17, 15) is 0 Å². The van der Waals surface area contributed by atoms with Crippen molar-refractivity contribution in [1.29, 1.82) is 0 Å². The standard InChI is InChI=1S/C59H45N3/c1-4-21-45(22-5-1)60(48-35-36-51-50-28-12-13-29-53(50)62(56(51)39-48)47-25-8-3-9-26-47)54-31-15-19-41-37-43-33-34-44-38-42-20-16-32-55(58(42)59(43,44)57(41)54)61(46-23-6-2-7-24-46)52-30-14-18-40-17-10-11-27-49(40)52/h1-32,35-36,39,43-44H,33-34,37-38H2. The summed E-state index contributed by atoms with van der Waals surface area (Å²) in [5, 5.41) is 5.04. The average Bonchev–Trinajstić information content (AvgIpc) is 4.06. The van der Waals surface area contributed by atoms with Crippen molar-refractivity contribution in [2.45, 2.75) is 31.1 Å². The number of rotatable bonds is 7. The lowest BCUT2D eigenvalue weighted by molar-refractivity contribution is 0.350. The van der Waals surface area contributed by atoms with Crippen LogP contribution in [-0.4, -0.2) is 4.57 Å². The highest BCUT2D eigenvalue weighted by atomic mass is 15.2. The Morgan fingerprint density at radius 3 is 1.60 bits per heavy atom. The zero-order chi connectivity index (χ0) is 40.8. The van der Waals surface area contributed by atoms with Crippen molar-refractivity contribution in [3.63, 3.8) is 0 Å². The fraction of sp³-hybridized carbons (Fsp3) is 0.119. The van der Waals surface area contributed by atoms with Crippen molar-refractivity contribution in [3.05, 3.63) is 235 Å². The van der Waals surface area contributed by atoms with Crippen LogP contribution in [0.3, 0.4) is 0 Å². The fourth-order valence-corrected chi connectivity index (χ4v) is 12.4. The third-order valence-corrected chi connectivity index (χ3v) is 14.6. The van der Waals surface area contributed by atoms with Gasteiger partial charge in [0.2, 0.25) is 0 Å². The third-order valence-electron chi connectivity index (χ3n) is 14.6. The van der Waals surface area contributed by atoms with E-state index in [4.69, 9.17) is 0 Å². The van der Waals surface area contributed by atoms with Gasteiger partial charge in [0.25, 0.3) is 0 Å². The molecule has 3 atom stereocenters. The molecule has 3 aliphatic carbocycles. The Labute approximate surface area is 362 Å². The molecule has 0 amide bonds. The molecule has 13 rings (SSSR count). The van der Waals surface area contributed by atoms with Gasteiger partial charge in [-0.1, -0.05) is 140 Å². The molecule has 0 bridgehead atoms. The third kappa shape index (κ3) is 5.06. The first-order valence-corrected chi connectivity index (χ1v) is 22.3. The van der Waals surface area contributed by atoms with Crippen LogP contribution in [0.25, 0.3) is 38.3 Å². The topological polar surface area (TPSA) is 11.4 Å². The number of hydrogen-bond donors (Lipinski definition) is 0. The first kappa shape index (κ1) is 35.4. The normalized spacial score (nSPS) is 18.5. The van der Waals surface area contributed by atoms with E-state index in [0.29, 0.717) is 11.8 Å². The maximum Gasteiger partial charge on any atom is 0.0561 e. The summed E-state index contributed by atoms with van der Waals surface area (Å²) in [4.78, 5) is 5.16. The van der Waals surface area contributed by atoms with Crippen LogP contribution in [0, 0.1) is 11.8 Å². The number of fused-ring (bicyclic) bond motifs is 6. The summed E-state index contributed by atoms with van der Waals surface area (Å²) in [6, 6.07) is 79.1. The van der Waals surface area contributed by atoms with Gasteiger partial charge in [-0.15, -0.1) is 0 Å². The summed E-state index contributed by atoms with van der Waals surface area (Å²) in [6.07, 6.45) is 4.67. The first-order valence-electron chi connectivity index (χ1n) is 22.3. The molecule has 1 heterocycles.